The molecule has 11 heteroatoms. The van der Waals surface area contributed by atoms with Gasteiger partial charge in [0.15, 0.2) is 0 Å². The van der Waals surface area contributed by atoms with Crippen molar-refractivity contribution in [2.24, 2.45) is 0 Å². The number of carbonyl (C=O) groups is 1. The van der Waals surface area contributed by atoms with Crippen molar-refractivity contribution in [3.63, 3.8) is 0 Å². The Morgan fingerprint density at radius 3 is 2.19 bits per heavy atom. The molecule has 2 aromatic heterocycles. The van der Waals surface area contributed by atoms with Gasteiger partial charge in [0.2, 0.25) is 0 Å². The number of nitrogens with zero attached hydrogens (tertiary/aromatic N) is 3. The van der Waals surface area contributed by atoms with Gasteiger partial charge in [-0.2, -0.15) is 26.3 Å². The summed E-state index contributed by atoms with van der Waals surface area (Å²) in [6.45, 7) is 0. The SMILES string of the molecule is O=C(Cc1cncnc1)C[C@@H](c1ccc(C(F)(F)F)c(F)c1)c1ncccc1C(F)(F)F. The van der Waals surface area contributed by atoms with Crippen molar-refractivity contribution in [3.8, 4) is 0 Å². The Balaban J connectivity index is 2.05. The Kier molecular flexibility index (Phi) is 6.56. The van der Waals surface area contributed by atoms with E-state index < -0.39 is 53.1 Å². The summed E-state index contributed by atoms with van der Waals surface area (Å²) in [6.07, 6.45) is -5.63. The maximum atomic E-state index is 14.2. The number of hydrogen-bond donors (Lipinski definition) is 0. The summed E-state index contributed by atoms with van der Waals surface area (Å²) >= 11 is 0. The Hall–Kier alpha value is -3.37. The number of Topliss-reactive ketones (excluding diaryl/α,β-unsaturated/α-hetero) is 1. The van der Waals surface area contributed by atoms with Crippen LogP contribution in [0.4, 0.5) is 30.7 Å². The number of alkyl halides is 6. The lowest BCUT2D eigenvalue weighted by molar-refractivity contribution is -0.140. The third kappa shape index (κ3) is 5.45. The van der Waals surface area contributed by atoms with Gasteiger partial charge in [-0.25, -0.2) is 14.4 Å². The summed E-state index contributed by atoms with van der Waals surface area (Å²) < 4.78 is 93.5. The lowest BCUT2D eigenvalue weighted by Gasteiger charge is -2.21. The third-order valence-electron chi connectivity index (χ3n) is 4.62. The molecule has 0 aliphatic heterocycles. The van der Waals surface area contributed by atoms with E-state index in [1.54, 1.807) is 0 Å². The van der Waals surface area contributed by atoms with Gasteiger partial charge in [0.25, 0.3) is 0 Å². The summed E-state index contributed by atoms with van der Waals surface area (Å²) in [6, 6.07) is 3.56. The molecule has 1 aromatic carbocycles. The molecule has 0 bridgehead atoms. The van der Waals surface area contributed by atoms with Crippen LogP contribution < -0.4 is 0 Å². The molecule has 0 aliphatic rings. The molecule has 0 saturated carbocycles. The molecule has 0 N–H and O–H groups in total. The van der Waals surface area contributed by atoms with Gasteiger partial charge >= 0.3 is 12.4 Å². The first-order valence-corrected chi connectivity index (χ1v) is 9.11. The van der Waals surface area contributed by atoms with Crippen LogP contribution in [0.1, 0.15) is 40.3 Å². The number of ketones is 1. The Labute approximate surface area is 177 Å². The average molecular weight is 457 g/mol. The predicted molar refractivity (Wildman–Crippen MR) is 97.8 cm³/mol. The molecule has 3 aromatic rings. The van der Waals surface area contributed by atoms with Gasteiger partial charge in [-0.15, -0.1) is 0 Å². The first kappa shape index (κ1) is 23.3. The van der Waals surface area contributed by atoms with Crippen LogP contribution in [0.15, 0.2) is 55.2 Å². The second kappa shape index (κ2) is 9.01. The topological polar surface area (TPSA) is 55.7 Å². The van der Waals surface area contributed by atoms with Gasteiger partial charge in [0.1, 0.15) is 17.9 Å². The molecule has 32 heavy (non-hydrogen) atoms. The monoisotopic (exact) mass is 457 g/mol. The average Bonchev–Trinajstić information content (AvgIpc) is 2.71. The highest BCUT2D eigenvalue weighted by Crippen LogP contribution is 2.39. The first-order valence-electron chi connectivity index (χ1n) is 9.11. The zero-order valence-corrected chi connectivity index (χ0v) is 16.1. The summed E-state index contributed by atoms with van der Waals surface area (Å²) in [7, 11) is 0. The molecule has 3 rings (SSSR count). The zero-order chi connectivity index (χ0) is 23.5. The molecule has 0 fully saturated rings. The molecule has 2 heterocycles. The number of rotatable bonds is 6. The van der Waals surface area contributed by atoms with E-state index in [1.165, 1.54) is 18.7 Å². The molecular formula is C21H14F7N3O. The minimum Gasteiger partial charge on any atom is -0.299 e. The van der Waals surface area contributed by atoms with Crippen molar-refractivity contribution in [2.75, 3.05) is 0 Å². The van der Waals surface area contributed by atoms with Crippen molar-refractivity contribution in [1.82, 2.24) is 15.0 Å². The summed E-state index contributed by atoms with van der Waals surface area (Å²) in [5, 5.41) is 0. The summed E-state index contributed by atoms with van der Waals surface area (Å²) in [5.74, 6) is -3.64. The molecule has 0 radical (unpaired) electrons. The molecule has 0 saturated heterocycles. The molecule has 0 unspecified atom stereocenters. The van der Waals surface area contributed by atoms with Crippen LogP contribution in [0.2, 0.25) is 0 Å². The predicted octanol–water partition coefficient (Wildman–Crippen LogP) is 5.38. The van der Waals surface area contributed by atoms with Crippen molar-refractivity contribution in [1.29, 1.82) is 0 Å². The van der Waals surface area contributed by atoms with Gasteiger partial charge in [0.05, 0.1) is 16.8 Å². The Morgan fingerprint density at radius 1 is 0.938 bits per heavy atom. The second-order valence-corrected chi connectivity index (χ2v) is 6.89. The number of aromatic nitrogens is 3. The van der Waals surface area contributed by atoms with Crippen molar-refractivity contribution < 1.29 is 35.5 Å². The van der Waals surface area contributed by atoms with Crippen LogP contribution >= 0.6 is 0 Å². The van der Waals surface area contributed by atoms with E-state index in [-0.39, 0.29) is 12.0 Å². The third-order valence-corrected chi connectivity index (χ3v) is 4.62. The van der Waals surface area contributed by atoms with E-state index in [2.05, 4.69) is 15.0 Å². The number of pyridine rings is 1. The molecular weight excluding hydrogens is 443 g/mol. The van der Waals surface area contributed by atoms with E-state index in [1.807, 2.05) is 0 Å². The second-order valence-electron chi connectivity index (χ2n) is 6.89. The van der Waals surface area contributed by atoms with E-state index in [0.717, 1.165) is 24.4 Å². The zero-order valence-electron chi connectivity index (χ0n) is 16.1. The van der Waals surface area contributed by atoms with Crippen LogP contribution in [0.25, 0.3) is 0 Å². The van der Waals surface area contributed by atoms with E-state index >= 15 is 0 Å². The van der Waals surface area contributed by atoms with Crippen molar-refractivity contribution in [2.45, 2.75) is 31.1 Å². The van der Waals surface area contributed by atoms with Gasteiger partial charge in [-0.05, 0) is 35.4 Å². The van der Waals surface area contributed by atoms with Crippen molar-refractivity contribution >= 4 is 5.78 Å². The quantitative estimate of drug-likeness (QED) is 0.467. The fraction of sp³-hybridized carbons (Fsp3) is 0.238. The standard InChI is InChI=1S/C21H14F7N3O/c22-18-7-13(3-4-16(18)20(23,24)25)15(8-14(32)6-12-9-29-11-30-10-12)19-17(21(26,27)28)2-1-5-31-19/h1-5,7,9-11,15H,6,8H2/t15-/m0/s1. The van der Waals surface area contributed by atoms with Gasteiger partial charge < -0.3 is 0 Å². The van der Waals surface area contributed by atoms with Gasteiger partial charge in [-0.1, -0.05) is 6.07 Å². The molecule has 1 atom stereocenters. The first-order chi connectivity index (χ1) is 15.0. The summed E-state index contributed by atoms with van der Waals surface area (Å²) in [5.41, 5.74) is -3.16. The number of hydrogen-bond acceptors (Lipinski definition) is 4. The number of carbonyl (C=O) groups excluding carboxylic acids is 1. The van der Waals surface area contributed by atoms with Gasteiger partial charge in [0, 0.05) is 37.4 Å². The van der Waals surface area contributed by atoms with E-state index in [4.69, 9.17) is 0 Å². The van der Waals surface area contributed by atoms with Crippen LogP contribution in [-0.2, 0) is 23.6 Å². The van der Waals surface area contributed by atoms with Crippen LogP contribution in [0.3, 0.4) is 0 Å². The highest BCUT2D eigenvalue weighted by molar-refractivity contribution is 5.82. The van der Waals surface area contributed by atoms with Gasteiger partial charge in [-0.3, -0.25) is 9.78 Å². The lowest BCUT2D eigenvalue weighted by Crippen LogP contribution is -2.18. The Bertz CT molecular complexity index is 1100. The van der Waals surface area contributed by atoms with Crippen molar-refractivity contribution in [3.05, 3.63) is 89.0 Å². The Morgan fingerprint density at radius 2 is 1.59 bits per heavy atom. The van der Waals surface area contributed by atoms with Crippen LogP contribution in [-0.4, -0.2) is 20.7 Å². The highest BCUT2D eigenvalue weighted by atomic mass is 19.4. The molecule has 0 aliphatic carbocycles. The highest BCUT2D eigenvalue weighted by Gasteiger charge is 2.38. The van der Waals surface area contributed by atoms with E-state index in [9.17, 15) is 35.5 Å². The maximum Gasteiger partial charge on any atom is 0.419 e. The van der Waals surface area contributed by atoms with E-state index in [0.29, 0.717) is 17.7 Å². The lowest BCUT2D eigenvalue weighted by atomic mass is 9.86. The minimum absolute atomic E-state index is 0.228. The smallest absolute Gasteiger partial charge is 0.299 e. The molecule has 0 spiro atoms. The van der Waals surface area contributed by atoms with Crippen LogP contribution in [0, 0.1) is 5.82 Å². The van der Waals surface area contributed by atoms with Crippen LogP contribution in [0.5, 0.6) is 0 Å². The number of benzene rings is 1. The fourth-order valence-electron chi connectivity index (χ4n) is 3.23. The maximum absolute atomic E-state index is 14.2. The minimum atomic E-state index is -4.98. The normalized spacial score (nSPS) is 13.1. The molecule has 4 nitrogen and oxygen atoms in total. The molecule has 168 valence electrons. The summed E-state index contributed by atoms with van der Waals surface area (Å²) in [4.78, 5) is 23.8. The number of halogens is 7. The fourth-order valence-corrected chi connectivity index (χ4v) is 3.23. The molecule has 0 amide bonds. The largest absolute Gasteiger partial charge is 0.419 e.